The second-order valence-corrected chi connectivity index (χ2v) is 7.63. The molecule has 2 aromatic rings. The highest BCUT2D eigenvalue weighted by atomic mass is 35.5. The van der Waals surface area contributed by atoms with Crippen molar-refractivity contribution in [3.63, 3.8) is 0 Å². The van der Waals surface area contributed by atoms with Crippen LogP contribution < -0.4 is 0 Å². The average Bonchev–Trinajstić information content (AvgIpc) is 3.12. The first kappa shape index (κ1) is 14.9. The molecular formula is C19H16Cl2N2. The molecule has 2 aliphatic rings. The van der Waals surface area contributed by atoms with Crippen molar-refractivity contribution in [1.82, 2.24) is 0 Å². The second kappa shape index (κ2) is 5.19. The van der Waals surface area contributed by atoms with Crippen LogP contribution in [0.1, 0.15) is 25.0 Å². The maximum absolute atomic E-state index is 5.99. The van der Waals surface area contributed by atoms with Gasteiger partial charge in [-0.3, -0.25) is 0 Å². The van der Waals surface area contributed by atoms with Gasteiger partial charge in [-0.15, -0.1) is 0 Å². The van der Waals surface area contributed by atoms with Gasteiger partial charge in [-0.05, 0) is 40.8 Å². The number of rotatable bonds is 2. The van der Waals surface area contributed by atoms with E-state index in [1.165, 1.54) is 0 Å². The molecule has 0 radical (unpaired) electrons. The summed E-state index contributed by atoms with van der Waals surface area (Å²) in [5.74, 6) is 0.790. The zero-order valence-electron chi connectivity index (χ0n) is 12.9. The van der Waals surface area contributed by atoms with Crippen LogP contribution in [0.2, 0.25) is 10.0 Å². The molecule has 1 aliphatic carbocycles. The first-order chi connectivity index (χ1) is 11.0. The molecule has 116 valence electrons. The normalized spacial score (nSPS) is 24.5. The fourth-order valence-electron chi connectivity index (χ4n) is 3.61. The largest absolute Gasteiger partial charge is 0.154 e. The maximum Gasteiger partial charge on any atom is 0.0746 e. The van der Waals surface area contributed by atoms with Gasteiger partial charge in [-0.1, -0.05) is 61.3 Å². The number of nitrogens with zero attached hydrogens (tertiary/aromatic N) is 2. The highest BCUT2D eigenvalue weighted by Crippen LogP contribution is 2.62. The Morgan fingerprint density at radius 1 is 0.696 bits per heavy atom. The van der Waals surface area contributed by atoms with Crippen LogP contribution >= 0.6 is 23.2 Å². The topological polar surface area (TPSA) is 24.7 Å². The summed E-state index contributed by atoms with van der Waals surface area (Å²) in [5.41, 5.74) is 4.50. The number of hydrogen-bond acceptors (Lipinski definition) is 2. The third-order valence-electron chi connectivity index (χ3n) is 4.96. The molecule has 2 aromatic carbocycles. The molecule has 4 rings (SSSR count). The molecule has 2 nitrogen and oxygen atoms in total. The first-order valence-corrected chi connectivity index (χ1v) is 8.41. The molecule has 0 saturated heterocycles. The van der Waals surface area contributed by atoms with Crippen molar-refractivity contribution in [3.8, 4) is 0 Å². The molecule has 0 N–H and O–H groups in total. The van der Waals surface area contributed by atoms with Gasteiger partial charge in [0.25, 0.3) is 0 Å². The van der Waals surface area contributed by atoms with E-state index in [2.05, 4.69) is 24.1 Å². The Balaban J connectivity index is 1.77. The predicted octanol–water partition coefficient (Wildman–Crippen LogP) is 5.47. The minimum Gasteiger partial charge on any atom is -0.154 e. The average molecular weight is 343 g/mol. The molecule has 1 aliphatic heterocycles. The van der Waals surface area contributed by atoms with E-state index in [1.54, 1.807) is 0 Å². The fraction of sp³-hybridized carbons (Fsp3) is 0.263. The Morgan fingerprint density at radius 2 is 1.04 bits per heavy atom. The van der Waals surface area contributed by atoms with Gasteiger partial charge in [0.15, 0.2) is 0 Å². The molecule has 0 amide bonds. The van der Waals surface area contributed by atoms with Crippen LogP contribution in [0.25, 0.3) is 0 Å². The van der Waals surface area contributed by atoms with Crippen molar-refractivity contribution in [2.24, 2.45) is 27.5 Å². The van der Waals surface area contributed by atoms with Crippen molar-refractivity contribution in [2.45, 2.75) is 13.8 Å². The summed E-state index contributed by atoms with van der Waals surface area (Å²) < 4.78 is 0. The lowest BCUT2D eigenvalue weighted by Gasteiger charge is -2.12. The van der Waals surface area contributed by atoms with E-state index in [4.69, 9.17) is 23.2 Å². The Hall–Kier alpha value is -1.64. The lowest BCUT2D eigenvalue weighted by molar-refractivity contribution is 0.603. The first-order valence-electron chi connectivity index (χ1n) is 7.66. The molecule has 2 unspecified atom stereocenters. The van der Waals surface area contributed by atoms with Crippen LogP contribution in [0.15, 0.2) is 58.7 Å². The summed E-state index contributed by atoms with van der Waals surface area (Å²) in [7, 11) is 0. The van der Waals surface area contributed by atoms with E-state index < -0.39 is 0 Å². The lowest BCUT2D eigenvalue weighted by atomic mass is 9.99. The number of hydrogen-bond donors (Lipinski definition) is 0. The second-order valence-electron chi connectivity index (χ2n) is 6.76. The summed E-state index contributed by atoms with van der Waals surface area (Å²) >= 11 is 12.0. The molecule has 1 fully saturated rings. The molecule has 0 spiro atoms. The highest BCUT2D eigenvalue weighted by Gasteiger charge is 2.64. The van der Waals surface area contributed by atoms with Crippen molar-refractivity contribution in [3.05, 3.63) is 69.7 Å². The maximum atomic E-state index is 5.99. The van der Waals surface area contributed by atoms with Gasteiger partial charge < -0.3 is 0 Å². The SMILES string of the molecule is CC1(C)C2C(c3ccc(Cl)cc3)=NN=C(c3ccc(Cl)cc3)C21. The van der Waals surface area contributed by atoms with E-state index in [0.29, 0.717) is 11.8 Å². The molecule has 0 bridgehead atoms. The summed E-state index contributed by atoms with van der Waals surface area (Å²) in [6.45, 7) is 4.56. The lowest BCUT2D eigenvalue weighted by Crippen LogP contribution is -2.15. The molecule has 1 saturated carbocycles. The summed E-state index contributed by atoms with van der Waals surface area (Å²) in [5, 5.41) is 10.6. The van der Waals surface area contributed by atoms with Gasteiger partial charge in [0.2, 0.25) is 0 Å². The number of benzene rings is 2. The van der Waals surface area contributed by atoms with Crippen LogP contribution in [-0.4, -0.2) is 11.4 Å². The standard InChI is InChI=1S/C19H16Cl2N2/c1-19(2)15-16(19)18(12-5-9-14(21)10-6-12)23-22-17(15)11-3-7-13(20)8-4-11/h3-10,15-16H,1-2H3. The number of fused-ring (bicyclic) bond motifs is 1. The minimum absolute atomic E-state index is 0.160. The Morgan fingerprint density at radius 3 is 1.39 bits per heavy atom. The molecule has 2 atom stereocenters. The van der Waals surface area contributed by atoms with Gasteiger partial charge in [-0.25, -0.2) is 0 Å². The van der Waals surface area contributed by atoms with E-state index in [-0.39, 0.29) is 5.41 Å². The van der Waals surface area contributed by atoms with Crippen LogP contribution in [0.3, 0.4) is 0 Å². The zero-order valence-corrected chi connectivity index (χ0v) is 14.4. The third kappa shape index (κ3) is 2.41. The van der Waals surface area contributed by atoms with Gasteiger partial charge in [0.05, 0.1) is 11.4 Å². The highest BCUT2D eigenvalue weighted by molar-refractivity contribution is 6.31. The molecule has 0 aromatic heterocycles. The van der Waals surface area contributed by atoms with Crippen molar-refractivity contribution in [1.29, 1.82) is 0 Å². The quantitative estimate of drug-likeness (QED) is 0.690. The third-order valence-corrected chi connectivity index (χ3v) is 5.47. The van der Waals surface area contributed by atoms with Gasteiger partial charge in [0.1, 0.15) is 0 Å². The molecular weight excluding hydrogens is 327 g/mol. The van der Waals surface area contributed by atoms with E-state index in [1.807, 2.05) is 48.5 Å². The van der Waals surface area contributed by atoms with Crippen molar-refractivity contribution in [2.75, 3.05) is 0 Å². The smallest absolute Gasteiger partial charge is 0.0746 e. The Bertz CT molecular complexity index is 748. The molecule has 23 heavy (non-hydrogen) atoms. The van der Waals surface area contributed by atoms with E-state index in [0.717, 1.165) is 32.6 Å². The van der Waals surface area contributed by atoms with Gasteiger partial charge in [-0.2, -0.15) is 10.2 Å². The van der Waals surface area contributed by atoms with Crippen LogP contribution in [0, 0.1) is 17.3 Å². The van der Waals surface area contributed by atoms with Gasteiger partial charge in [0, 0.05) is 21.9 Å². The van der Waals surface area contributed by atoms with E-state index in [9.17, 15) is 0 Å². The molecule has 1 heterocycles. The van der Waals surface area contributed by atoms with Crippen LogP contribution in [0.4, 0.5) is 0 Å². The van der Waals surface area contributed by atoms with E-state index >= 15 is 0 Å². The number of halogens is 2. The van der Waals surface area contributed by atoms with Crippen LogP contribution in [-0.2, 0) is 0 Å². The van der Waals surface area contributed by atoms with Gasteiger partial charge >= 0.3 is 0 Å². The summed E-state index contributed by atoms with van der Waals surface area (Å²) in [4.78, 5) is 0. The minimum atomic E-state index is 0.160. The van der Waals surface area contributed by atoms with Crippen LogP contribution in [0.5, 0.6) is 0 Å². The Labute approximate surface area is 145 Å². The zero-order chi connectivity index (χ0) is 16.2. The van der Waals surface area contributed by atoms with Crippen molar-refractivity contribution < 1.29 is 0 Å². The van der Waals surface area contributed by atoms with Crippen molar-refractivity contribution >= 4 is 34.6 Å². The summed E-state index contributed by atoms with van der Waals surface area (Å²) in [6.07, 6.45) is 0. The Kier molecular flexibility index (Phi) is 3.36. The fourth-order valence-corrected chi connectivity index (χ4v) is 3.86. The monoisotopic (exact) mass is 342 g/mol. The molecule has 4 heteroatoms. The summed E-state index contributed by atoms with van der Waals surface area (Å²) in [6, 6.07) is 15.7. The predicted molar refractivity (Wildman–Crippen MR) is 96.7 cm³/mol.